The van der Waals surface area contributed by atoms with E-state index in [1.807, 2.05) is 37.3 Å². The molecule has 0 bridgehead atoms. The first-order valence-corrected chi connectivity index (χ1v) is 4.59. The first-order valence-electron chi connectivity index (χ1n) is 4.59. The van der Waals surface area contributed by atoms with E-state index in [-0.39, 0.29) is 0 Å². The first-order chi connectivity index (χ1) is 6.79. The van der Waals surface area contributed by atoms with E-state index in [2.05, 4.69) is 4.98 Å². The van der Waals surface area contributed by atoms with E-state index >= 15 is 0 Å². The fourth-order valence-electron chi connectivity index (χ4n) is 1.50. The first kappa shape index (κ1) is 8.88. The molecule has 0 atom stereocenters. The van der Waals surface area contributed by atoms with Crippen LogP contribution in [0.3, 0.4) is 0 Å². The maximum Gasteiger partial charge on any atom is 0.124 e. The van der Waals surface area contributed by atoms with Crippen LogP contribution in [0, 0.1) is 6.92 Å². The van der Waals surface area contributed by atoms with Crippen molar-refractivity contribution in [3.05, 3.63) is 41.6 Å². The standard InChI is InChI=1S/C12H11NO/c1-9-2-4-11-8-10(6-7-14)3-5-12(11)13-9/h2-5,7-8H,6H2,1H3. The molecule has 2 aromatic rings. The summed E-state index contributed by atoms with van der Waals surface area (Å²) in [5, 5.41) is 1.09. The number of aldehydes is 1. The van der Waals surface area contributed by atoms with Gasteiger partial charge in [-0.05, 0) is 30.7 Å². The number of nitrogens with zero attached hydrogens (tertiary/aromatic N) is 1. The van der Waals surface area contributed by atoms with E-state index in [1.165, 1.54) is 0 Å². The van der Waals surface area contributed by atoms with Gasteiger partial charge in [0.05, 0.1) is 5.52 Å². The Bertz CT molecular complexity index is 477. The van der Waals surface area contributed by atoms with Gasteiger partial charge in [-0.25, -0.2) is 0 Å². The molecular weight excluding hydrogens is 174 g/mol. The third-order valence-electron chi connectivity index (χ3n) is 2.21. The summed E-state index contributed by atoms with van der Waals surface area (Å²) >= 11 is 0. The average molecular weight is 185 g/mol. The van der Waals surface area contributed by atoms with Crippen LogP contribution < -0.4 is 0 Å². The molecule has 70 valence electrons. The number of fused-ring (bicyclic) bond motifs is 1. The maximum absolute atomic E-state index is 10.3. The van der Waals surface area contributed by atoms with Crippen LogP contribution in [0.5, 0.6) is 0 Å². The molecule has 0 spiro atoms. The maximum atomic E-state index is 10.3. The van der Waals surface area contributed by atoms with Crippen LogP contribution in [0.2, 0.25) is 0 Å². The van der Waals surface area contributed by atoms with Crippen molar-refractivity contribution in [2.24, 2.45) is 0 Å². The van der Waals surface area contributed by atoms with Crippen molar-refractivity contribution in [1.82, 2.24) is 4.98 Å². The van der Waals surface area contributed by atoms with Gasteiger partial charge >= 0.3 is 0 Å². The van der Waals surface area contributed by atoms with E-state index in [9.17, 15) is 4.79 Å². The second-order valence-electron chi connectivity index (χ2n) is 3.35. The summed E-state index contributed by atoms with van der Waals surface area (Å²) in [5.74, 6) is 0. The Kier molecular flexibility index (Phi) is 2.27. The molecule has 0 radical (unpaired) electrons. The van der Waals surface area contributed by atoms with Crippen LogP contribution >= 0.6 is 0 Å². The van der Waals surface area contributed by atoms with Crippen LogP contribution in [0.1, 0.15) is 11.3 Å². The quantitative estimate of drug-likeness (QED) is 0.672. The van der Waals surface area contributed by atoms with Crippen LogP contribution in [0.15, 0.2) is 30.3 Å². The van der Waals surface area contributed by atoms with Crippen LogP contribution in [0.4, 0.5) is 0 Å². The molecule has 0 fully saturated rings. The van der Waals surface area contributed by atoms with Crippen molar-refractivity contribution in [2.75, 3.05) is 0 Å². The molecule has 1 heterocycles. The SMILES string of the molecule is Cc1ccc2cc(CC=O)ccc2n1. The largest absolute Gasteiger partial charge is 0.303 e. The van der Waals surface area contributed by atoms with Gasteiger partial charge < -0.3 is 4.79 Å². The molecule has 14 heavy (non-hydrogen) atoms. The molecule has 2 nitrogen and oxygen atoms in total. The van der Waals surface area contributed by atoms with Gasteiger partial charge in [-0.1, -0.05) is 12.1 Å². The molecule has 0 N–H and O–H groups in total. The Labute approximate surface area is 82.6 Å². The van der Waals surface area contributed by atoms with Crippen molar-refractivity contribution < 1.29 is 4.79 Å². The lowest BCUT2D eigenvalue weighted by Crippen LogP contribution is -1.88. The van der Waals surface area contributed by atoms with Crippen molar-refractivity contribution in [3.63, 3.8) is 0 Å². The molecule has 0 unspecified atom stereocenters. The molecule has 2 rings (SSSR count). The third kappa shape index (κ3) is 1.64. The summed E-state index contributed by atoms with van der Waals surface area (Å²) in [7, 11) is 0. The predicted molar refractivity (Wildman–Crippen MR) is 56.2 cm³/mol. The Morgan fingerprint density at radius 1 is 1.29 bits per heavy atom. The number of aromatic nitrogens is 1. The second-order valence-corrected chi connectivity index (χ2v) is 3.35. The predicted octanol–water partition coefficient (Wildman–Crippen LogP) is 2.28. The minimum absolute atomic E-state index is 0.476. The van der Waals surface area contributed by atoms with E-state index in [4.69, 9.17) is 0 Å². The minimum Gasteiger partial charge on any atom is -0.303 e. The molecule has 0 saturated heterocycles. The van der Waals surface area contributed by atoms with E-state index in [1.54, 1.807) is 0 Å². The van der Waals surface area contributed by atoms with Crippen molar-refractivity contribution in [3.8, 4) is 0 Å². The molecule has 1 aromatic carbocycles. The molecule has 0 aliphatic rings. The summed E-state index contributed by atoms with van der Waals surface area (Å²) in [6, 6.07) is 9.93. The van der Waals surface area contributed by atoms with Crippen molar-refractivity contribution in [2.45, 2.75) is 13.3 Å². The molecule has 2 heteroatoms. The number of pyridine rings is 1. The van der Waals surface area contributed by atoms with Crippen LogP contribution in [0.25, 0.3) is 10.9 Å². The number of hydrogen-bond donors (Lipinski definition) is 0. The van der Waals surface area contributed by atoms with E-state index in [0.29, 0.717) is 6.42 Å². The summed E-state index contributed by atoms with van der Waals surface area (Å²) < 4.78 is 0. The number of hydrogen-bond acceptors (Lipinski definition) is 2. The minimum atomic E-state index is 0.476. The van der Waals surface area contributed by atoms with Crippen LogP contribution in [-0.2, 0) is 11.2 Å². The lowest BCUT2D eigenvalue weighted by atomic mass is 10.1. The molecule has 0 amide bonds. The summed E-state index contributed by atoms with van der Waals surface area (Å²) in [4.78, 5) is 14.7. The fraction of sp³-hybridized carbons (Fsp3) is 0.167. The van der Waals surface area contributed by atoms with Gasteiger partial charge in [-0.15, -0.1) is 0 Å². The average Bonchev–Trinajstić information content (AvgIpc) is 2.19. The Morgan fingerprint density at radius 3 is 2.93 bits per heavy atom. The van der Waals surface area contributed by atoms with Crippen molar-refractivity contribution in [1.29, 1.82) is 0 Å². The molecule has 0 saturated carbocycles. The highest BCUT2D eigenvalue weighted by Gasteiger charge is 1.97. The van der Waals surface area contributed by atoms with E-state index in [0.717, 1.165) is 28.4 Å². The van der Waals surface area contributed by atoms with Gasteiger partial charge in [0, 0.05) is 17.5 Å². The number of carbonyl (C=O) groups excluding carboxylic acids is 1. The van der Waals surface area contributed by atoms with Gasteiger partial charge in [0.1, 0.15) is 6.29 Å². The number of benzene rings is 1. The van der Waals surface area contributed by atoms with Gasteiger partial charge in [-0.3, -0.25) is 4.98 Å². The monoisotopic (exact) mass is 185 g/mol. The Hall–Kier alpha value is -1.70. The molecule has 0 aliphatic heterocycles. The van der Waals surface area contributed by atoms with Gasteiger partial charge in [0.2, 0.25) is 0 Å². The summed E-state index contributed by atoms with van der Waals surface area (Å²) in [5.41, 5.74) is 3.04. The third-order valence-corrected chi connectivity index (χ3v) is 2.21. The molecule has 1 aromatic heterocycles. The number of carbonyl (C=O) groups is 1. The van der Waals surface area contributed by atoms with Crippen molar-refractivity contribution >= 4 is 17.2 Å². The topological polar surface area (TPSA) is 30.0 Å². The zero-order valence-corrected chi connectivity index (χ0v) is 8.03. The highest BCUT2D eigenvalue weighted by molar-refractivity contribution is 5.80. The highest BCUT2D eigenvalue weighted by Crippen LogP contribution is 2.14. The molecular formula is C12H11NO. The van der Waals surface area contributed by atoms with Gasteiger partial charge in [0.25, 0.3) is 0 Å². The van der Waals surface area contributed by atoms with Crippen LogP contribution in [-0.4, -0.2) is 11.3 Å². The number of aryl methyl sites for hydroxylation is 1. The van der Waals surface area contributed by atoms with Gasteiger partial charge in [-0.2, -0.15) is 0 Å². The summed E-state index contributed by atoms with van der Waals surface area (Å²) in [6.07, 6.45) is 1.40. The Balaban J connectivity index is 2.55. The molecule has 0 aliphatic carbocycles. The lowest BCUT2D eigenvalue weighted by molar-refractivity contribution is -0.107. The fourth-order valence-corrected chi connectivity index (χ4v) is 1.50. The zero-order valence-electron chi connectivity index (χ0n) is 8.03. The van der Waals surface area contributed by atoms with Gasteiger partial charge in [0.15, 0.2) is 0 Å². The lowest BCUT2D eigenvalue weighted by Gasteiger charge is -2.00. The smallest absolute Gasteiger partial charge is 0.124 e. The Morgan fingerprint density at radius 2 is 2.14 bits per heavy atom. The normalized spacial score (nSPS) is 10.4. The second kappa shape index (κ2) is 3.58. The van der Waals surface area contributed by atoms with E-state index < -0.39 is 0 Å². The highest BCUT2D eigenvalue weighted by atomic mass is 16.1. The number of rotatable bonds is 2. The summed E-state index contributed by atoms with van der Waals surface area (Å²) in [6.45, 7) is 1.97. The zero-order chi connectivity index (χ0) is 9.97.